The van der Waals surface area contributed by atoms with Crippen LogP contribution in [0.4, 0.5) is 0 Å². The Bertz CT molecular complexity index is 824. The average Bonchev–Trinajstić information content (AvgIpc) is 2.79. The third kappa shape index (κ3) is 8.08. The SMILES string of the molecule is C=CC(OC)OCCCCCCOc1ccc(C(=O)Oc2ccc(C#N)cc2)cc1. The van der Waals surface area contributed by atoms with Crippen LogP contribution in [0.2, 0.25) is 0 Å². The van der Waals surface area contributed by atoms with Crippen molar-refractivity contribution in [2.24, 2.45) is 0 Å². The van der Waals surface area contributed by atoms with Crippen LogP contribution < -0.4 is 9.47 Å². The summed E-state index contributed by atoms with van der Waals surface area (Å²) >= 11 is 0. The number of methoxy groups -OCH3 is 1. The lowest BCUT2D eigenvalue weighted by molar-refractivity contribution is -0.0911. The van der Waals surface area contributed by atoms with Gasteiger partial charge in [0.1, 0.15) is 11.5 Å². The van der Waals surface area contributed by atoms with Crippen molar-refractivity contribution in [1.29, 1.82) is 5.26 Å². The number of hydrogen-bond acceptors (Lipinski definition) is 6. The summed E-state index contributed by atoms with van der Waals surface area (Å²) in [6, 6.07) is 15.3. The molecular formula is C24H27NO5. The van der Waals surface area contributed by atoms with E-state index in [1.54, 1.807) is 61.7 Å². The van der Waals surface area contributed by atoms with E-state index in [2.05, 4.69) is 6.58 Å². The van der Waals surface area contributed by atoms with E-state index in [-0.39, 0.29) is 6.29 Å². The number of rotatable bonds is 13. The number of nitriles is 1. The second-order valence-corrected chi connectivity index (χ2v) is 6.52. The van der Waals surface area contributed by atoms with Gasteiger partial charge in [-0.15, -0.1) is 0 Å². The molecule has 2 rings (SSSR count). The fourth-order valence-electron chi connectivity index (χ4n) is 2.63. The van der Waals surface area contributed by atoms with Crippen LogP contribution in [0.15, 0.2) is 61.2 Å². The monoisotopic (exact) mass is 409 g/mol. The molecule has 0 spiro atoms. The molecule has 0 radical (unpaired) electrons. The van der Waals surface area contributed by atoms with Crippen molar-refractivity contribution < 1.29 is 23.7 Å². The van der Waals surface area contributed by atoms with E-state index < -0.39 is 5.97 Å². The molecule has 0 aromatic heterocycles. The molecule has 0 aliphatic heterocycles. The number of nitrogens with zero attached hydrogens (tertiary/aromatic N) is 1. The van der Waals surface area contributed by atoms with Gasteiger partial charge in [0, 0.05) is 7.11 Å². The summed E-state index contributed by atoms with van der Waals surface area (Å²) in [6.07, 6.45) is 5.30. The Labute approximate surface area is 177 Å². The molecule has 6 heteroatoms. The number of carbonyl (C=O) groups excluding carboxylic acids is 1. The molecule has 158 valence electrons. The van der Waals surface area contributed by atoms with E-state index in [4.69, 9.17) is 24.2 Å². The molecule has 6 nitrogen and oxygen atoms in total. The van der Waals surface area contributed by atoms with Crippen LogP contribution in [0.5, 0.6) is 11.5 Å². The number of ether oxygens (including phenoxy) is 4. The topological polar surface area (TPSA) is 77.8 Å². The van der Waals surface area contributed by atoms with Crippen molar-refractivity contribution in [1.82, 2.24) is 0 Å². The Morgan fingerprint density at radius 1 is 1.00 bits per heavy atom. The number of unbranched alkanes of at least 4 members (excludes halogenated alkanes) is 3. The predicted octanol–water partition coefficient (Wildman–Crippen LogP) is 4.89. The Balaban J connectivity index is 1.63. The van der Waals surface area contributed by atoms with Gasteiger partial charge in [0.15, 0.2) is 6.29 Å². The first kappa shape index (κ1) is 23.1. The highest BCUT2D eigenvalue weighted by Gasteiger charge is 2.09. The molecule has 0 N–H and O–H groups in total. The standard InChI is InChI=1S/C24H27NO5/c1-3-23(27-2)29-17-7-5-4-6-16-28-21-14-10-20(11-15-21)24(26)30-22-12-8-19(18-25)9-13-22/h3,8-15,23H,1,4-7,16-17H2,2H3. The first-order valence-corrected chi connectivity index (χ1v) is 9.88. The van der Waals surface area contributed by atoms with E-state index in [1.807, 2.05) is 6.07 Å². The summed E-state index contributed by atoms with van der Waals surface area (Å²) in [7, 11) is 1.59. The smallest absolute Gasteiger partial charge is 0.343 e. The highest BCUT2D eigenvalue weighted by atomic mass is 16.7. The lowest BCUT2D eigenvalue weighted by atomic mass is 10.2. The fraction of sp³-hybridized carbons (Fsp3) is 0.333. The molecule has 0 saturated carbocycles. The van der Waals surface area contributed by atoms with Crippen LogP contribution in [0.3, 0.4) is 0 Å². The van der Waals surface area contributed by atoms with Crippen LogP contribution in [0.25, 0.3) is 0 Å². The maximum atomic E-state index is 12.2. The van der Waals surface area contributed by atoms with Crippen molar-refractivity contribution in [3.63, 3.8) is 0 Å². The molecule has 2 aromatic rings. The van der Waals surface area contributed by atoms with Gasteiger partial charge in [-0.1, -0.05) is 13.0 Å². The molecule has 0 aliphatic carbocycles. The van der Waals surface area contributed by atoms with Crippen LogP contribution in [-0.4, -0.2) is 32.6 Å². The zero-order chi connectivity index (χ0) is 21.6. The summed E-state index contributed by atoms with van der Waals surface area (Å²) in [5, 5.41) is 8.79. The molecule has 0 heterocycles. The van der Waals surface area contributed by atoms with Gasteiger partial charge in [-0.25, -0.2) is 4.79 Å². The summed E-state index contributed by atoms with van der Waals surface area (Å²) < 4.78 is 21.5. The molecule has 1 atom stereocenters. The summed E-state index contributed by atoms with van der Waals surface area (Å²) in [5.74, 6) is 0.648. The van der Waals surface area contributed by atoms with Gasteiger partial charge < -0.3 is 18.9 Å². The number of hydrogen-bond donors (Lipinski definition) is 0. The molecular weight excluding hydrogens is 382 g/mol. The van der Waals surface area contributed by atoms with Gasteiger partial charge in [0.05, 0.1) is 30.4 Å². The van der Waals surface area contributed by atoms with Gasteiger partial charge in [-0.3, -0.25) is 0 Å². The summed E-state index contributed by atoms with van der Waals surface area (Å²) in [6.45, 7) is 4.90. The van der Waals surface area contributed by atoms with Crippen molar-refractivity contribution in [3.05, 3.63) is 72.3 Å². The molecule has 0 bridgehead atoms. The van der Waals surface area contributed by atoms with Crippen molar-refractivity contribution in [2.75, 3.05) is 20.3 Å². The zero-order valence-electron chi connectivity index (χ0n) is 17.2. The number of carbonyl (C=O) groups is 1. The van der Waals surface area contributed by atoms with E-state index in [9.17, 15) is 4.79 Å². The first-order chi connectivity index (χ1) is 14.7. The average molecular weight is 409 g/mol. The third-order valence-corrected chi connectivity index (χ3v) is 4.30. The Kier molecular flexibility index (Phi) is 10.1. The van der Waals surface area contributed by atoms with Gasteiger partial charge in [-0.05, 0) is 73.9 Å². The zero-order valence-corrected chi connectivity index (χ0v) is 17.2. The highest BCUT2D eigenvalue weighted by molar-refractivity contribution is 5.91. The largest absolute Gasteiger partial charge is 0.494 e. The maximum Gasteiger partial charge on any atom is 0.343 e. The van der Waals surface area contributed by atoms with Crippen LogP contribution in [0, 0.1) is 11.3 Å². The van der Waals surface area contributed by atoms with Crippen molar-refractivity contribution in [2.45, 2.75) is 32.0 Å². The number of esters is 1. The summed E-state index contributed by atoms with van der Waals surface area (Å²) in [4.78, 5) is 12.2. The van der Waals surface area contributed by atoms with Crippen LogP contribution >= 0.6 is 0 Å². The first-order valence-electron chi connectivity index (χ1n) is 9.88. The van der Waals surface area contributed by atoms with Crippen molar-refractivity contribution >= 4 is 5.97 Å². The molecule has 1 unspecified atom stereocenters. The quantitative estimate of drug-likeness (QED) is 0.154. The second kappa shape index (κ2) is 13.2. The maximum absolute atomic E-state index is 12.2. The van der Waals surface area contributed by atoms with Crippen molar-refractivity contribution in [3.8, 4) is 17.6 Å². The molecule has 30 heavy (non-hydrogen) atoms. The Morgan fingerprint density at radius 2 is 1.63 bits per heavy atom. The van der Waals surface area contributed by atoms with Gasteiger partial charge in [-0.2, -0.15) is 5.26 Å². The minimum Gasteiger partial charge on any atom is -0.494 e. The van der Waals surface area contributed by atoms with Gasteiger partial charge in [0.25, 0.3) is 0 Å². The number of benzene rings is 2. The summed E-state index contributed by atoms with van der Waals surface area (Å²) in [5.41, 5.74) is 0.942. The molecule has 2 aromatic carbocycles. The van der Waals surface area contributed by atoms with E-state index in [1.165, 1.54) is 0 Å². The molecule has 0 fully saturated rings. The van der Waals surface area contributed by atoms with Crippen LogP contribution in [-0.2, 0) is 9.47 Å². The van der Waals surface area contributed by atoms with E-state index in [0.717, 1.165) is 25.7 Å². The Hall–Kier alpha value is -3.14. The lowest BCUT2D eigenvalue weighted by Gasteiger charge is -2.11. The molecule has 0 saturated heterocycles. The fourth-order valence-corrected chi connectivity index (χ4v) is 2.63. The predicted molar refractivity (Wildman–Crippen MR) is 113 cm³/mol. The van der Waals surface area contributed by atoms with Gasteiger partial charge in [0.2, 0.25) is 0 Å². The molecule has 0 amide bonds. The minimum atomic E-state index is -0.458. The normalized spacial score (nSPS) is 11.3. The molecule has 0 aliphatic rings. The van der Waals surface area contributed by atoms with Crippen LogP contribution in [0.1, 0.15) is 41.6 Å². The second-order valence-electron chi connectivity index (χ2n) is 6.52. The Morgan fingerprint density at radius 3 is 2.23 bits per heavy atom. The lowest BCUT2D eigenvalue weighted by Crippen LogP contribution is -2.12. The highest BCUT2D eigenvalue weighted by Crippen LogP contribution is 2.17. The van der Waals surface area contributed by atoms with E-state index >= 15 is 0 Å². The third-order valence-electron chi connectivity index (χ3n) is 4.30. The minimum absolute atomic E-state index is 0.335. The van der Waals surface area contributed by atoms with E-state index in [0.29, 0.717) is 35.8 Å². The van der Waals surface area contributed by atoms with Gasteiger partial charge >= 0.3 is 5.97 Å².